The Hall–Kier alpha value is -3.32. The number of carbonyl (C=O) groups excluding carboxylic acids is 1. The van der Waals surface area contributed by atoms with E-state index in [9.17, 15) is 4.79 Å². The highest BCUT2D eigenvalue weighted by Gasteiger charge is 2.35. The van der Waals surface area contributed by atoms with E-state index in [0.717, 1.165) is 53.5 Å². The van der Waals surface area contributed by atoms with Gasteiger partial charge in [-0.3, -0.25) is 4.79 Å². The molecular formula is C25H27N3O4. The van der Waals surface area contributed by atoms with Crippen molar-refractivity contribution in [2.45, 2.75) is 45.6 Å². The number of nitrogens with one attached hydrogen (secondary N) is 1. The molecule has 0 saturated carbocycles. The minimum Gasteiger partial charge on any atom is -0.489 e. The molecule has 1 N–H and O–H groups in total. The van der Waals surface area contributed by atoms with Crippen LogP contribution in [0.3, 0.4) is 0 Å². The number of benzene rings is 2. The molecule has 0 spiro atoms. The molecule has 1 fully saturated rings. The van der Waals surface area contributed by atoms with Crippen LogP contribution in [0.5, 0.6) is 5.75 Å². The highest BCUT2D eigenvalue weighted by atomic mass is 16.5. The minimum absolute atomic E-state index is 0.0265. The van der Waals surface area contributed by atoms with Crippen molar-refractivity contribution in [2.24, 2.45) is 0 Å². The SMILES string of the molecule is Cc1noc(C)c1COc1ccc(C2Nc3ccccc3C(=O)N2CC2CCCO2)cc1. The molecule has 2 atom stereocenters. The summed E-state index contributed by atoms with van der Waals surface area (Å²) >= 11 is 0. The van der Waals surface area contributed by atoms with Crippen LogP contribution in [0.2, 0.25) is 0 Å². The number of para-hydroxylation sites is 1. The quantitative estimate of drug-likeness (QED) is 0.612. The average molecular weight is 434 g/mol. The standard InChI is InChI=1S/C25H27N3O4/c1-16-22(17(2)32-27-16)15-31-19-11-9-18(10-12-19)24-26-23-8-4-3-7-21(23)25(29)28(24)14-20-6-5-13-30-20/h3-4,7-12,20,24,26H,5-6,13-15H2,1-2H3. The monoisotopic (exact) mass is 433 g/mol. The van der Waals surface area contributed by atoms with Gasteiger partial charge in [-0.15, -0.1) is 0 Å². The van der Waals surface area contributed by atoms with Crippen molar-refractivity contribution in [3.63, 3.8) is 0 Å². The fourth-order valence-corrected chi connectivity index (χ4v) is 4.36. The summed E-state index contributed by atoms with van der Waals surface area (Å²) < 4.78 is 17.0. The molecule has 1 aromatic heterocycles. The molecule has 3 aromatic rings. The van der Waals surface area contributed by atoms with Crippen molar-refractivity contribution >= 4 is 11.6 Å². The number of fused-ring (bicyclic) bond motifs is 1. The zero-order chi connectivity index (χ0) is 22.1. The molecule has 2 unspecified atom stereocenters. The summed E-state index contributed by atoms with van der Waals surface area (Å²) in [6.07, 6.45) is 1.83. The molecular weight excluding hydrogens is 406 g/mol. The van der Waals surface area contributed by atoms with Gasteiger partial charge in [0.2, 0.25) is 0 Å². The fourth-order valence-electron chi connectivity index (χ4n) is 4.36. The van der Waals surface area contributed by atoms with E-state index in [1.54, 1.807) is 0 Å². The zero-order valence-electron chi connectivity index (χ0n) is 18.3. The number of carbonyl (C=O) groups is 1. The maximum absolute atomic E-state index is 13.3. The Morgan fingerprint density at radius 3 is 2.69 bits per heavy atom. The molecule has 0 bridgehead atoms. The lowest BCUT2D eigenvalue weighted by Gasteiger charge is -2.39. The number of hydrogen-bond donors (Lipinski definition) is 1. The summed E-state index contributed by atoms with van der Waals surface area (Å²) in [5.74, 6) is 1.55. The first kappa shape index (κ1) is 20.6. The second kappa shape index (κ2) is 8.67. The summed E-state index contributed by atoms with van der Waals surface area (Å²) in [6.45, 7) is 5.52. The predicted molar refractivity (Wildman–Crippen MR) is 120 cm³/mol. The van der Waals surface area contributed by atoms with Crippen LogP contribution in [0.25, 0.3) is 0 Å². The normalized spacial score (nSPS) is 20.2. The highest BCUT2D eigenvalue weighted by molar-refractivity contribution is 6.01. The lowest BCUT2D eigenvalue weighted by molar-refractivity contribution is 0.0427. The first-order valence-corrected chi connectivity index (χ1v) is 11.0. The van der Waals surface area contributed by atoms with E-state index in [-0.39, 0.29) is 18.2 Å². The van der Waals surface area contributed by atoms with Crippen LogP contribution >= 0.6 is 0 Å². The molecule has 2 aliphatic rings. The summed E-state index contributed by atoms with van der Waals surface area (Å²) in [5, 5.41) is 7.51. The average Bonchev–Trinajstić information content (AvgIpc) is 3.44. The number of anilines is 1. The molecule has 7 nitrogen and oxygen atoms in total. The van der Waals surface area contributed by atoms with E-state index < -0.39 is 0 Å². The highest BCUT2D eigenvalue weighted by Crippen LogP contribution is 2.34. The molecule has 2 aromatic carbocycles. The molecule has 2 aliphatic heterocycles. The van der Waals surface area contributed by atoms with E-state index >= 15 is 0 Å². The maximum Gasteiger partial charge on any atom is 0.257 e. The van der Waals surface area contributed by atoms with E-state index in [1.807, 2.05) is 67.3 Å². The van der Waals surface area contributed by atoms with Crippen LogP contribution in [-0.4, -0.2) is 35.2 Å². The van der Waals surface area contributed by atoms with E-state index in [4.69, 9.17) is 14.0 Å². The molecule has 5 rings (SSSR count). The summed E-state index contributed by atoms with van der Waals surface area (Å²) in [4.78, 5) is 15.2. The number of amides is 1. The van der Waals surface area contributed by atoms with Crippen LogP contribution in [0.15, 0.2) is 53.1 Å². The molecule has 0 radical (unpaired) electrons. The van der Waals surface area contributed by atoms with Crippen molar-refractivity contribution in [3.05, 3.63) is 76.7 Å². The molecule has 32 heavy (non-hydrogen) atoms. The Morgan fingerprint density at radius 1 is 1.16 bits per heavy atom. The number of aromatic nitrogens is 1. The lowest BCUT2D eigenvalue weighted by Crippen LogP contribution is -2.46. The van der Waals surface area contributed by atoms with Gasteiger partial charge in [0.05, 0.1) is 22.9 Å². The third-order valence-electron chi connectivity index (χ3n) is 6.21. The van der Waals surface area contributed by atoms with Gasteiger partial charge in [-0.1, -0.05) is 29.4 Å². The van der Waals surface area contributed by atoms with Gasteiger partial charge in [0.1, 0.15) is 24.3 Å². The third kappa shape index (κ3) is 3.96. The van der Waals surface area contributed by atoms with Gasteiger partial charge in [-0.05, 0) is 56.5 Å². The first-order valence-electron chi connectivity index (χ1n) is 11.0. The second-order valence-corrected chi connectivity index (χ2v) is 8.35. The minimum atomic E-state index is -0.266. The maximum atomic E-state index is 13.3. The molecule has 166 valence electrons. The van der Waals surface area contributed by atoms with Crippen molar-refractivity contribution in [1.82, 2.24) is 10.1 Å². The van der Waals surface area contributed by atoms with Crippen LogP contribution in [0, 0.1) is 13.8 Å². The first-order chi connectivity index (χ1) is 15.6. The van der Waals surface area contributed by atoms with Crippen LogP contribution in [0.1, 0.15) is 51.9 Å². The summed E-state index contributed by atoms with van der Waals surface area (Å²) in [5.41, 5.74) is 4.35. The molecule has 1 saturated heterocycles. The van der Waals surface area contributed by atoms with Gasteiger partial charge in [-0.2, -0.15) is 0 Å². The van der Waals surface area contributed by atoms with Crippen molar-refractivity contribution in [2.75, 3.05) is 18.5 Å². The number of aryl methyl sites for hydroxylation is 2. The Morgan fingerprint density at radius 2 is 1.97 bits per heavy atom. The van der Waals surface area contributed by atoms with Crippen LogP contribution < -0.4 is 10.1 Å². The Kier molecular flexibility index (Phi) is 5.57. The fraction of sp³-hybridized carbons (Fsp3) is 0.360. The second-order valence-electron chi connectivity index (χ2n) is 8.35. The van der Waals surface area contributed by atoms with Crippen molar-refractivity contribution < 1.29 is 18.8 Å². The number of hydrogen-bond acceptors (Lipinski definition) is 6. The van der Waals surface area contributed by atoms with E-state index in [0.29, 0.717) is 18.7 Å². The Labute approximate surface area is 187 Å². The molecule has 0 aliphatic carbocycles. The topological polar surface area (TPSA) is 76.8 Å². The van der Waals surface area contributed by atoms with E-state index in [1.165, 1.54) is 0 Å². The lowest BCUT2D eigenvalue weighted by atomic mass is 10.0. The molecule has 1 amide bonds. The van der Waals surface area contributed by atoms with Gasteiger partial charge >= 0.3 is 0 Å². The predicted octanol–water partition coefficient (Wildman–Crippen LogP) is 4.62. The number of ether oxygens (including phenoxy) is 2. The summed E-state index contributed by atoms with van der Waals surface area (Å²) in [7, 11) is 0. The van der Waals surface area contributed by atoms with E-state index in [2.05, 4.69) is 10.5 Å². The largest absolute Gasteiger partial charge is 0.489 e. The van der Waals surface area contributed by atoms with Gasteiger partial charge in [-0.25, -0.2) is 0 Å². The summed E-state index contributed by atoms with van der Waals surface area (Å²) in [6, 6.07) is 15.5. The Bertz CT molecular complexity index is 1080. The smallest absolute Gasteiger partial charge is 0.257 e. The molecule has 7 heteroatoms. The van der Waals surface area contributed by atoms with Gasteiger partial charge in [0.25, 0.3) is 5.91 Å². The Balaban J connectivity index is 1.36. The molecule has 3 heterocycles. The number of nitrogens with zero attached hydrogens (tertiary/aromatic N) is 2. The number of rotatable bonds is 6. The van der Waals surface area contributed by atoms with Gasteiger partial charge in [0, 0.05) is 18.8 Å². The van der Waals surface area contributed by atoms with Crippen molar-refractivity contribution in [1.29, 1.82) is 0 Å². The third-order valence-corrected chi connectivity index (χ3v) is 6.21. The van der Waals surface area contributed by atoms with Crippen LogP contribution in [-0.2, 0) is 11.3 Å². The van der Waals surface area contributed by atoms with Gasteiger partial charge in [0.15, 0.2) is 0 Å². The zero-order valence-corrected chi connectivity index (χ0v) is 18.3. The van der Waals surface area contributed by atoms with Crippen LogP contribution in [0.4, 0.5) is 5.69 Å². The van der Waals surface area contributed by atoms with Crippen molar-refractivity contribution in [3.8, 4) is 5.75 Å². The van der Waals surface area contributed by atoms with Gasteiger partial charge < -0.3 is 24.2 Å².